The van der Waals surface area contributed by atoms with Crippen LogP contribution >= 0.6 is 11.3 Å². The summed E-state index contributed by atoms with van der Waals surface area (Å²) in [6.45, 7) is 6.85. The molecule has 0 spiro atoms. The first-order valence-corrected chi connectivity index (χ1v) is 7.51. The highest BCUT2D eigenvalue weighted by Crippen LogP contribution is 2.40. The van der Waals surface area contributed by atoms with Crippen molar-refractivity contribution in [2.24, 2.45) is 5.41 Å². The molecule has 3 heteroatoms. The molecule has 1 unspecified atom stereocenters. The molecule has 1 fully saturated rings. The fraction of sp³-hybridized carbons (Fsp3) is 0.533. The average molecular weight is 260 g/mol. The Morgan fingerprint density at radius 2 is 2.22 bits per heavy atom. The molecule has 1 atom stereocenters. The number of aromatic nitrogens is 1. The number of nitrogens with zero attached hydrogens (tertiary/aromatic N) is 1. The van der Waals surface area contributed by atoms with E-state index in [1.54, 1.807) is 11.3 Å². The van der Waals surface area contributed by atoms with Gasteiger partial charge in [0.05, 0.1) is 10.2 Å². The van der Waals surface area contributed by atoms with Gasteiger partial charge in [0.25, 0.3) is 0 Å². The zero-order valence-electron chi connectivity index (χ0n) is 11.3. The summed E-state index contributed by atoms with van der Waals surface area (Å²) in [5.74, 6) is 0. The molecule has 18 heavy (non-hydrogen) atoms. The number of rotatable bonds is 2. The molecular formula is C15H20N2S. The van der Waals surface area contributed by atoms with E-state index in [1.165, 1.54) is 29.5 Å². The molecule has 2 aromatic rings. The quantitative estimate of drug-likeness (QED) is 0.854. The third-order valence-corrected chi connectivity index (χ3v) is 5.13. The van der Waals surface area contributed by atoms with Crippen LogP contribution in [0.2, 0.25) is 0 Å². The van der Waals surface area contributed by atoms with Crippen LogP contribution in [0.1, 0.15) is 38.7 Å². The number of nitrogens with one attached hydrogen (secondary N) is 1. The van der Waals surface area contributed by atoms with E-state index >= 15 is 0 Å². The van der Waals surface area contributed by atoms with E-state index in [4.69, 9.17) is 4.98 Å². The van der Waals surface area contributed by atoms with Crippen LogP contribution in [0, 0.1) is 12.3 Å². The summed E-state index contributed by atoms with van der Waals surface area (Å²) < 4.78 is 1.29. The lowest BCUT2D eigenvalue weighted by Gasteiger charge is -2.27. The number of fused-ring (bicyclic) bond motifs is 1. The molecule has 0 radical (unpaired) electrons. The van der Waals surface area contributed by atoms with Crippen molar-refractivity contribution in [3.05, 3.63) is 23.8 Å². The fourth-order valence-corrected chi connectivity index (χ4v) is 3.89. The second kappa shape index (κ2) is 4.23. The molecule has 1 saturated carbocycles. The Balaban J connectivity index is 1.89. The van der Waals surface area contributed by atoms with Gasteiger partial charge in [0.1, 0.15) is 0 Å². The van der Waals surface area contributed by atoms with Crippen molar-refractivity contribution in [3.63, 3.8) is 0 Å². The maximum absolute atomic E-state index is 4.75. The van der Waals surface area contributed by atoms with Crippen molar-refractivity contribution < 1.29 is 0 Å². The number of aryl methyl sites for hydroxylation is 1. The summed E-state index contributed by atoms with van der Waals surface area (Å²) in [5, 5.41) is 4.74. The molecule has 1 aliphatic carbocycles. The highest BCUT2D eigenvalue weighted by Gasteiger charge is 2.34. The van der Waals surface area contributed by atoms with Crippen molar-refractivity contribution in [2.75, 3.05) is 5.32 Å². The van der Waals surface area contributed by atoms with Crippen LogP contribution in [0.5, 0.6) is 0 Å². The topological polar surface area (TPSA) is 24.9 Å². The largest absolute Gasteiger partial charge is 0.358 e. The Kier molecular flexibility index (Phi) is 2.81. The predicted octanol–water partition coefficient (Wildman–Crippen LogP) is 4.60. The molecular weight excluding hydrogens is 240 g/mol. The van der Waals surface area contributed by atoms with Gasteiger partial charge in [-0.3, -0.25) is 0 Å². The number of hydrogen-bond donors (Lipinski definition) is 1. The van der Waals surface area contributed by atoms with E-state index in [1.807, 2.05) is 0 Å². The van der Waals surface area contributed by atoms with Crippen LogP contribution < -0.4 is 5.32 Å². The Labute approximate surface area is 112 Å². The highest BCUT2D eigenvalue weighted by molar-refractivity contribution is 7.22. The van der Waals surface area contributed by atoms with Gasteiger partial charge in [0.15, 0.2) is 5.13 Å². The molecule has 1 aliphatic rings. The van der Waals surface area contributed by atoms with Crippen molar-refractivity contribution in [1.82, 2.24) is 4.98 Å². The zero-order chi connectivity index (χ0) is 12.8. The van der Waals surface area contributed by atoms with E-state index < -0.39 is 0 Å². The lowest BCUT2D eigenvalue weighted by atomic mass is 9.87. The van der Waals surface area contributed by atoms with Crippen LogP contribution in [0.3, 0.4) is 0 Å². The number of thiazole rings is 1. The monoisotopic (exact) mass is 260 g/mol. The normalized spacial score (nSPS) is 22.5. The smallest absolute Gasteiger partial charge is 0.184 e. The Morgan fingerprint density at radius 3 is 2.89 bits per heavy atom. The minimum absolute atomic E-state index is 0.396. The van der Waals surface area contributed by atoms with E-state index in [0.29, 0.717) is 11.5 Å². The van der Waals surface area contributed by atoms with Crippen molar-refractivity contribution in [3.8, 4) is 0 Å². The van der Waals surface area contributed by atoms with Crippen LogP contribution in [-0.2, 0) is 0 Å². The first kappa shape index (κ1) is 12.0. The first-order valence-electron chi connectivity index (χ1n) is 6.69. The van der Waals surface area contributed by atoms with E-state index in [2.05, 4.69) is 44.3 Å². The van der Waals surface area contributed by atoms with Crippen LogP contribution in [0.4, 0.5) is 5.13 Å². The van der Waals surface area contributed by atoms with Crippen molar-refractivity contribution >= 4 is 26.7 Å². The lowest BCUT2D eigenvalue weighted by molar-refractivity contribution is 0.350. The second-order valence-electron chi connectivity index (χ2n) is 6.02. The van der Waals surface area contributed by atoms with Crippen LogP contribution in [-0.4, -0.2) is 11.0 Å². The van der Waals surface area contributed by atoms with E-state index in [9.17, 15) is 0 Å². The van der Waals surface area contributed by atoms with Gasteiger partial charge in [-0.25, -0.2) is 4.98 Å². The summed E-state index contributed by atoms with van der Waals surface area (Å²) in [7, 11) is 0. The Bertz CT molecular complexity index is 571. The molecule has 0 saturated heterocycles. The molecule has 1 heterocycles. The van der Waals surface area contributed by atoms with Gasteiger partial charge in [-0.15, -0.1) is 0 Å². The standard InChI is InChI=1S/C15H20N2S/c1-10-6-4-7-11-13(10)17-14(18-11)16-12-8-5-9-15(12,2)3/h4,6-7,12H,5,8-9H2,1-3H3,(H,16,17). The Hall–Kier alpha value is -1.09. The van der Waals surface area contributed by atoms with Gasteiger partial charge >= 0.3 is 0 Å². The second-order valence-corrected chi connectivity index (χ2v) is 7.05. The molecule has 2 nitrogen and oxygen atoms in total. The Morgan fingerprint density at radius 1 is 1.39 bits per heavy atom. The van der Waals surface area contributed by atoms with Crippen LogP contribution in [0.25, 0.3) is 10.2 Å². The molecule has 0 aliphatic heterocycles. The van der Waals surface area contributed by atoms with Gasteiger partial charge in [0.2, 0.25) is 0 Å². The number of para-hydroxylation sites is 1. The minimum atomic E-state index is 0.396. The summed E-state index contributed by atoms with van der Waals surface area (Å²) >= 11 is 1.78. The highest BCUT2D eigenvalue weighted by atomic mass is 32.1. The number of hydrogen-bond acceptors (Lipinski definition) is 3. The summed E-state index contributed by atoms with van der Waals surface area (Å²) in [6.07, 6.45) is 3.91. The number of anilines is 1. The van der Waals surface area contributed by atoms with Crippen molar-refractivity contribution in [2.45, 2.75) is 46.1 Å². The third-order valence-electron chi connectivity index (χ3n) is 4.18. The predicted molar refractivity (Wildman–Crippen MR) is 79.4 cm³/mol. The fourth-order valence-electron chi connectivity index (χ4n) is 2.89. The maximum atomic E-state index is 4.75. The molecule has 96 valence electrons. The van der Waals surface area contributed by atoms with Crippen molar-refractivity contribution in [1.29, 1.82) is 0 Å². The molecule has 0 amide bonds. The lowest BCUT2D eigenvalue weighted by Crippen LogP contribution is -2.30. The maximum Gasteiger partial charge on any atom is 0.184 e. The van der Waals surface area contributed by atoms with Gasteiger partial charge in [-0.05, 0) is 36.8 Å². The van der Waals surface area contributed by atoms with Gasteiger partial charge in [-0.2, -0.15) is 0 Å². The minimum Gasteiger partial charge on any atom is -0.358 e. The zero-order valence-corrected chi connectivity index (χ0v) is 12.1. The molecule has 1 aromatic heterocycles. The summed E-state index contributed by atoms with van der Waals surface area (Å²) in [6, 6.07) is 6.97. The summed E-state index contributed by atoms with van der Waals surface area (Å²) in [5.41, 5.74) is 2.82. The SMILES string of the molecule is Cc1cccc2sc(NC3CCCC3(C)C)nc12. The van der Waals surface area contributed by atoms with E-state index in [0.717, 1.165) is 10.6 Å². The number of benzene rings is 1. The molecule has 1 aromatic carbocycles. The molecule has 1 N–H and O–H groups in total. The summed E-state index contributed by atoms with van der Waals surface area (Å²) in [4.78, 5) is 4.75. The van der Waals surface area contributed by atoms with Gasteiger partial charge < -0.3 is 5.32 Å². The average Bonchev–Trinajstić information content (AvgIpc) is 2.84. The van der Waals surface area contributed by atoms with Gasteiger partial charge in [-0.1, -0.05) is 43.7 Å². The van der Waals surface area contributed by atoms with E-state index in [-0.39, 0.29) is 0 Å². The van der Waals surface area contributed by atoms with Gasteiger partial charge in [0, 0.05) is 6.04 Å². The molecule has 0 bridgehead atoms. The van der Waals surface area contributed by atoms with Crippen LogP contribution in [0.15, 0.2) is 18.2 Å². The molecule has 3 rings (SSSR count). The third kappa shape index (κ3) is 2.01. The first-order chi connectivity index (χ1) is 8.56.